The number of anilines is 1. The molecule has 0 aromatic heterocycles. The van der Waals surface area contributed by atoms with E-state index >= 15 is 0 Å². The van der Waals surface area contributed by atoms with Crippen molar-refractivity contribution in [3.8, 4) is 0 Å². The quantitative estimate of drug-likeness (QED) is 0.289. The first-order valence-electron chi connectivity index (χ1n) is 8.45. The van der Waals surface area contributed by atoms with Crippen LogP contribution in [0.5, 0.6) is 0 Å². The van der Waals surface area contributed by atoms with Crippen molar-refractivity contribution in [1.29, 1.82) is 0 Å². The van der Waals surface area contributed by atoms with Gasteiger partial charge in [-0.1, -0.05) is 30.7 Å². The minimum Gasteiger partial charge on any atom is -0.352 e. The standard InChI is InChI=1S/C18H30N4O2S/c1-5-6-7-8-11-14-22(3)18(19-2)20-15-16-12-9-10-13-17(16)21-25(4,23)24/h5,9-10,12-13,21H,1,6-8,11,14-15H2,2-4H3,(H,19,20). The Labute approximate surface area is 152 Å². The Kier molecular flexibility index (Phi) is 9.05. The molecule has 0 amide bonds. The molecule has 0 saturated carbocycles. The molecule has 0 unspecified atom stereocenters. The van der Waals surface area contributed by atoms with E-state index in [1.54, 1.807) is 19.2 Å². The number of aliphatic imine (C=N–C) groups is 1. The van der Waals surface area contributed by atoms with Gasteiger partial charge in [0.1, 0.15) is 0 Å². The smallest absolute Gasteiger partial charge is 0.229 e. The summed E-state index contributed by atoms with van der Waals surface area (Å²) < 4.78 is 25.5. The van der Waals surface area contributed by atoms with E-state index in [4.69, 9.17) is 0 Å². The van der Waals surface area contributed by atoms with Gasteiger partial charge in [-0.2, -0.15) is 0 Å². The van der Waals surface area contributed by atoms with E-state index in [-0.39, 0.29) is 0 Å². The first-order valence-corrected chi connectivity index (χ1v) is 10.3. The molecular weight excluding hydrogens is 336 g/mol. The Morgan fingerprint density at radius 3 is 2.64 bits per heavy atom. The Balaban J connectivity index is 2.58. The Morgan fingerprint density at radius 1 is 1.28 bits per heavy atom. The van der Waals surface area contributed by atoms with Crippen molar-refractivity contribution in [1.82, 2.24) is 10.2 Å². The van der Waals surface area contributed by atoms with Crippen molar-refractivity contribution in [2.75, 3.05) is 31.6 Å². The summed E-state index contributed by atoms with van der Waals surface area (Å²) in [6, 6.07) is 7.34. The van der Waals surface area contributed by atoms with Gasteiger partial charge < -0.3 is 10.2 Å². The summed E-state index contributed by atoms with van der Waals surface area (Å²) >= 11 is 0. The van der Waals surface area contributed by atoms with E-state index < -0.39 is 10.0 Å². The van der Waals surface area contributed by atoms with Gasteiger partial charge in [-0.25, -0.2) is 8.42 Å². The molecule has 0 aliphatic heterocycles. The van der Waals surface area contributed by atoms with Gasteiger partial charge in [-0.05, 0) is 30.9 Å². The zero-order chi connectivity index (χ0) is 18.7. The monoisotopic (exact) mass is 366 g/mol. The molecule has 0 radical (unpaired) electrons. The minimum absolute atomic E-state index is 0.492. The second-order valence-electron chi connectivity index (χ2n) is 5.99. The summed E-state index contributed by atoms with van der Waals surface area (Å²) in [6.45, 7) is 5.14. The minimum atomic E-state index is -3.31. The van der Waals surface area contributed by atoms with Crippen LogP contribution in [0.25, 0.3) is 0 Å². The first kappa shape index (κ1) is 21.0. The van der Waals surface area contributed by atoms with Gasteiger partial charge in [0.15, 0.2) is 5.96 Å². The highest BCUT2D eigenvalue weighted by molar-refractivity contribution is 7.92. The van der Waals surface area contributed by atoms with E-state index in [1.165, 1.54) is 0 Å². The predicted octanol–water partition coefficient (Wildman–Crippen LogP) is 2.81. The van der Waals surface area contributed by atoms with Gasteiger partial charge in [-0.3, -0.25) is 9.71 Å². The van der Waals surface area contributed by atoms with Crippen molar-refractivity contribution < 1.29 is 8.42 Å². The number of para-hydroxylation sites is 1. The average Bonchev–Trinajstić information content (AvgIpc) is 2.55. The molecule has 0 aliphatic rings. The fraction of sp³-hybridized carbons (Fsp3) is 0.500. The van der Waals surface area contributed by atoms with E-state index in [0.717, 1.165) is 50.0 Å². The summed E-state index contributed by atoms with van der Waals surface area (Å²) in [4.78, 5) is 6.38. The molecule has 6 nitrogen and oxygen atoms in total. The van der Waals surface area contributed by atoms with E-state index in [9.17, 15) is 8.42 Å². The van der Waals surface area contributed by atoms with Crippen LogP contribution in [-0.4, -0.2) is 46.2 Å². The van der Waals surface area contributed by atoms with Crippen molar-refractivity contribution >= 4 is 21.7 Å². The van der Waals surface area contributed by atoms with Crippen LogP contribution in [0.1, 0.15) is 31.2 Å². The fourth-order valence-corrected chi connectivity index (χ4v) is 3.05. The van der Waals surface area contributed by atoms with Gasteiger partial charge in [-0.15, -0.1) is 6.58 Å². The van der Waals surface area contributed by atoms with Crippen LogP contribution in [0.3, 0.4) is 0 Å². The first-order chi connectivity index (χ1) is 11.9. The van der Waals surface area contributed by atoms with Crippen LogP contribution in [0.4, 0.5) is 5.69 Å². The molecule has 0 heterocycles. The highest BCUT2D eigenvalue weighted by Gasteiger charge is 2.09. The highest BCUT2D eigenvalue weighted by atomic mass is 32.2. The lowest BCUT2D eigenvalue weighted by atomic mass is 10.2. The largest absolute Gasteiger partial charge is 0.352 e. The van der Waals surface area contributed by atoms with Crippen LogP contribution in [0.2, 0.25) is 0 Å². The van der Waals surface area contributed by atoms with Crippen LogP contribution < -0.4 is 10.0 Å². The molecule has 140 valence electrons. The normalized spacial score (nSPS) is 11.9. The highest BCUT2D eigenvalue weighted by Crippen LogP contribution is 2.16. The number of benzene rings is 1. The van der Waals surface area contributed by atoms with Crippen molar-refractivity contribution in [3.63, 3.8) is 0 Å². The van der Waals surface area contributed by atoms with Gasteiger partial charge in [0, 0.05) is 27.2 Å². The molecule has 0 bridgehead atoms. The number of nitrogens with zero attached hydrogens (tertiary/aromatic N) is 2. The van der Waals surface area contributed by atoms with E-state index in [0.29, 0.717) is 12.2 Å². The number of rotatable bonds is 10. The van der Waals surface area contributed by atoms with Crippen LogP contribution in [0, 0.1) is 0 Å². The lowest BCUT2D eigenvalue weighted by molar-refractivity contribution is 0.455. The van der Waals surface area contributed by atoms with E-state index in [2.05, 4.69) is 26.5 Å². The van der Waals surface area contributed by atoms with E-state index in [1.807, 2.05) is 25.3 Å². The van der Waals surface area contributed by atoms with Crippen LogP contribution in [-0.2, 0) is 16.6 Å². The second kappa shape index (κ2) is 10.8. The molecule has 0 fully saturated rings. The Morgan fingerprint density at radius 2 is 2.00 bits per heavy atom. The van der Waals surface area contributed by atoms with Crippen molar-refractivity contribution in [3.05, 3.63) is 42.5 Å². The molecule has 0 saturated heterocycles. The zero-order valence-electron chi connectivity index (χ0n) is 15.5. The van der Waals surface area contributed by atoms with Crippen LogP contribution in [0.15, 0.2) is 41.9 Å². The molecule has 1 aromatic carbocycles. The lowest BCUT2D eigenvalue weighted by Gasteiger charge is -2.22. The molecule has 25 heavy (non-hydrogen) atoms. The van der Waals surface area contributed by atoms with Gasteiger partial charge >= 0.3 is 0 Å². The topological polar surface area (TPSA) is 73.8 Å². The molecule has 7 heteroatoms. The summed E-state index contributed by atoms with van der Waals surface area (Å²) in [5.41, 5.74) is 1.45. The molecule has 2 N–H and O–H groups in total. The summed E-state index contributed by atoms with van der Waals surface area (Å²) in [6.07, 6.45) is 7.57. The average molecular weight is 367 g/mol. The second-order valence-corrected chi connectivity index (χ2v) is 7.74. The third-order valence-electron chi connectivity index (χ3n) is 3.72. The van der Waals surface area contributed by atoms with Gasteiger partial charge in [0.05, 0.1) is 11.9 Å². The number of unbranched alkanes of at least 4 members (excludes halogenated alkanes) is 3. The summed E-state index contributed by atoms with van der Waals surface area (Å²) in [7, 11) is 0.445. The molecule has 0 aliphatic carbocycles. The number of nitrogens with one attached hydrogen (secondary N) is 2. The van der Waals surface area contributed by atoms with Crippen LogP contribution >= 0.6 is 0 Å². The number of hydrogen-bond donors (Lipinski definition) is 2. The zero-order valence-corrected chi connectivity index (χ0v) is 16.3. The molecule has 0 atom stereocenters. The Hall–Kier alpha value is -2.02. The SMILES string of the molecule is C=CCCCCCN(C)C(=NC)NCc1ccccc1NS(C)(=O)=O. The summed E-state index contributed by atoms with van der Waals surface area (Å²) in [5, 5.41) is 3.29. The van der Waals surface area contributed by atoms with Crippen molar-refractivity contribution in [2.45, 2.75) is 32.2 Å². The maximum Gasteiger partial charge on any atom is 0.229 e. The number of sulfonamides is 1. The Bertz CT molecular complexity index is 671. The van der Waals surface area contributed by atoms with Gasteiger partial charge in [0.25, 0.3) is 0 Å². The number of allylic oxidation sites excluding steroid dienone is 1. The maximum absolute atomic E-state index is 11.5. The summed E-state index contributed by atoms with van der Waals surface area (Å²) in [5.74, 6) is 0.790. The predicted molar refractivity (Wildman–Crippen MR) is 106 cm³/mol. The third-order valence-corrected chi connectivity index (χ3v) is 4.32. The third kappa shape index (κ3) is 8.58. The maximum atomic E-state index is 11.5. The van der Waals surface area contributed by atoms with Gasteiger partial charge in [0.2, 0.25) is 10.0 Å². The number of hydrogen-bond acceptors (Lipinski definition) is 3. The molecule has 0 spiro atoms. The number of guanidine groups is 1. The fourth-order valence-electron chi connectivity index (χ4n) is 2.45. The lowest BCUT2D eigenvalue weighted by Crippen LogP contribution is -2.39. The molecule has 1 aromatic rings. The van der Waals surface area contributed by atoms with Crippen molar-refractivity contribution in [2.24, 2.45) is 4.99 Å². The molecular formula is C18H30N4O2S. The molecule has 1 rings (SSSR count).